The molecule has 5 nitrogen and oxygen atoms in total. The molecule has 0 saturated heterocycles. The SMILES string of the molecule is CCNS(=O)(=O)c1ccc(OC)c(C(N)=S)c1. The van der Waals surface area contributed by atoms with Gasteiger partial charge in [-0.05, 0) is 18.2 Å². The van der Waals surface area contributed by atoms with Gasteiger partial charge < -0.3 is 10.5 Å². The summed E-state index contributed by atoms with van der Waals surface area (Å²) in [6, 6.07) is 4.37. The van der Waals surface area contributed by atoms with Gasteiger partial charge in [0.2, 0.25) is 10.0 Å². The molecule has 0 atom stereocenters. The number of benzene rings is 1. The van der Waals surface area contributed by atoms with Gasteiger partial charge in [-0.25, -0.2) is 13.1 Å². The van der Waals surface area contributed by atoms with E-state index in [0.29, 0.717) is 17.9 Å². The highest BCUT2D eigenvalue weighted by Crippen LogP contribution is 2.22. The molecule has 0 aromatic heterocycles. The quantitative estimate of drug-likeness (QED) is 0.770. The zero-order valence-electron chi connectivity index (χ0n) is 9.56. The molecule has 0 bridgehead atoms. The minimum absolute atomic E-state index is 0.0930. The molecule has 0 aliphatic rings. The van der Waals surface area contributed by atoms with Crippen molar-refractivity contribution in [1.29, 1.82) is 0 Å². The topological polar surface area (TPSA) is 81.4 Å². The molecular weight excluding hydrogens is 260 g/mol. The molecule has 0 saturated carbocycles. The van der Waals surface area contributed by atoms with E-state index in [1.807, 2.05) is 0 Å². The molecule has 0 spiro atoms. The largest absolute Gasteiger partial charge is 0.496 e. The average molecular weight is 274 g/mol. The summed E-state index contributed by atoms with van der Waals surface area (Å²) >= 11 is 4.85. The van der Waals surface area contributed by atoms with Crippen molar-refractivity contribution in [3.63, 3.8) is 0 Å². The number of nitrogens with two attached hydrogens (primary N) is 1. The highest BCUT2D eigenvalue weighted by atomic mass is 32.2. The highest BCUT2D eigenvalue weighted by molar-refractivity contribution is 7.89. The Balaban J connectivity index is 3.31. The Hall–Kier alpha value is -1.18. The number of rotatable bonds is 5. The molecule has 0 amide bonds. The van der Waals surface area contributed by atoms with Gasteiger partial charge in [0, 0.05) is 6.54 Å². The highest BCUT2D eigenvalue weighted by Gasteiger charge is 2.16. The van der Waals surface area contributed by atoms with Crippen LogP contribution in [0.3, 0.4) is 0 Å². The van der Waals surface area contributed by atoms with Crippen molar-refractivity contribution in [2.45, 2.75) is 11.8 Å². The van der Waals surface area contributed by atoms with E-state index in [0.717, 1.165) is 0 Å². The Bertz CT molecular complexity index is 526. The molecule has 17 heavy (non-hydrogen) atoms. The number of sulfonamides is 1. The van der Waals surface area contributed by atoms with Crippen LogP contribution in [0.1, 0.15) is 12.5 Å². The van der Waals surface area contributed by atoms with Crippen LogP contribution >= 0.6 is 12.2 Å². The second kappa shape index (κ2) is 5.44. The van der Waals surface area contributed by atoms with E-state index in [1.54, 1.807) is 6.92 Å². The van der Waals surface area contributed by atoms with E-state index < -0.39 is 10.0 Å². The lowest BCUT2D eigenvalue weighted by Crippen LogP contribution is -2.23. The minimum Gasteiger partial charge on any atom is -0.496 e. The van der Waals surface area contributed by atoms with Crippen molar-refractivity contribution in [1.82, 2.24) is 4.72 Å². The van der Waals surface area contributed by atoms with E-state index in [4.69, 9.17) is 22.7 Å². The number of methoxy groups -OCH3 is 1. The first-order chi connectivity index (χ1) is 7.92. The molecule has 7 heteroatoms. The summed E-state index contributed by atoms with van der Waals surface area (Å²) < 4.78 is 31.0. The third-order valence-electron chi connectivity index (χ3n) is 2.08. The maximum Gasteiger partial charge on any atom is 0.240 e. The summed E-state index contributed by atoms with van der Waals surface area (Å²) in [6.07, 6.45) is 0. The van der Waals surface area contributed by atoms with E-state index in [-0.39, 0.29) is 9.88 Å². The van der Waals surface area contributed by atoms with Gasteiger partial charge in [0.25, 0.3) is 0 Å². The van der Waals surface area contributed by atoms with Gasteiger partial charge in [0.05, 0.1) is 17.6 Å². The summed E-state index contributed by atoms with van der Waals surface area (Å²) in [5.74, 6) is 0.452. The van der Waals surface area contributed by atoms with Crippen molar-refractivity contribution < 1.29 is 13.2 Å². The summed E-state index contributed by atoms with van der Waals surface area (Å²) in [4.78, 5) is 0.207. The average Bonchev–Trinajstić information content (AvgIpc) is 2.28. The summed E-state index contributed by atoms with van der Waals surface area (Å²) in [6.45, 7) is 2.02. The smallest absolute Gasteiger partial charge is 0.240 e. The first-order valence-corrected chi connectivity index (χ1v) is 6.79. The molecule has 3 N–H and O–H groups in total. The molecule has 94 valence electrons. The summed E-state index contributed by atoms with van der Waals surface area (Å²) in [7, 11) is -2.04. The van der Waals surface area contributed by atoms with Crippen LogP contribution in [0.25, 0.3) is 0 Å². The van der Waals surface area contributed by atoms with Gasteiger partial charge in [-0.15, -0.1) is 0 Å². The molecule has 1 aromatic rings. The van der Waals surface area contributed by atoms with Crippen LogP contribution in [-0.2, 0) is 10.0 Å². The zero-order valence-corrected chi connectivity index (χ0v) is 11.2. The second-order valence-electron chi connectivity index (χ2n) is 3.23. The fourth-order valence-corrected chi connectivity index (χ4v) is 2.55. The maximum absolute atomic E-state index is 11.8. The number of hydrogen-bond donors (Lipinski definition) is 2. The lowest BCUT2D eigenvalue weighted by Gasteiger charge is -2.10. The molecule has 0 fully saturated rings. The van der Waals surface area contributed by atoms with Gasteiger partial charge in [0.15, 0.2) is 0 Å². The molecule has 0 radical (unpaired) electrons. The summed E-state index contributed by atoms with van der Waals surface area (Å²) in [5, 5.41) is 0. The van der Waals surface area contributed by atoms with Crippen LogP contribution in [0, 0.1) is 0 Å². The van der Waals surface area contributed by atoms with Crippen LogP contribution < -0.4 is 15.2 Å². The third-order valence-corrected chi connectivity index (χ3v) is 3.84. The minimum atomic E-state index is -3.51. The van der Waals surface area contributed by atoms with Gasteiger partial charge in [-0.2, -0.15) is 0 Å². The first-order valence-electron chi connectivity index (χ1n) is 4.90. The molecule has 0 heterocycles. The fourth-order valence-electron chi connectivity index (χ4n) is 1.32. The van der Waals surface area contributed by atoms with Gasteiger partial charge in [-0.1, -0.05) is 19.1 Å². The predicted octanol–water partition coefficient (Wildman–Crippen LogP) is 0.628. The zero-order chi connectivity index (χ0) is 13.1. The molecule has 0 unspecified atom stereocenters. The Morgan fingerprint density at radius 2 is 2.18 bits per heavy atom. The number of ether oxygens (including phenoxy) is 1. The monoisotopic (exact) mass is 274 g/mol. The van der Waals surface area contributed by atoms with Crippen molar-refractivity contribution in [3.05, 3.63) is 23.8 Å². The van der Waals surface area contributed by atoms with Crippen LogP contribution in [0.15, 0.2) is 23.1 Å². The van der Waals surface area contributed by atoms with E-state index in [2.05, 4.69) is 4.72 Å². The second-order valence-corrected chi connectivity index (χ2v) is 5.43. The predicted molar refractivity (Wildman–Crippen MR) is 69.7 cm³/mol. The van der Waals surface area contributed by atoms with E-state index in [9.17, 15) is 8.42 Å². The molecule has 0 aliphatic heterocycles. The molecular formula is C10H14N2O3S2. The van der Waals surface area contributed by atoms with Crippen LogP contribution in [0.2, 0.25) is 0 Å². The van der Waals surface area contributed by atoms with Crippen LogP contribution in [-0.4, -0.2) is 27.1 Å². The lowest BCUT2D eigenvalue weighted by atomic mass is 10.2. The fraction of sp³-hybridized carbons (Fsp3) is 0.300. The van der Waals surface area contributed by atoms with Crippen molar-refractivity contribution in [2.24, 2.45) is 5.73 Å². The third kappa shape index (κ3) is 3.15. The van der Waals surface area contributed by atoms with Crippen molar-refractivity contribution in [2.75, 3.05) is 13.7 Å². The Labute approximate surface area is 106 Å². The van der Waals surface area contributed by atoms with Crippen molar-refractivity contribution >= 4 is 27.2 Å². The summed E-state index contributed by atoms with van der Waals surface area (Å²) in [5.41, 5.74) is 5.92. The standard InChI is InChI=1S/C10H14N2O3S2/c1-3-12-17(13,14)7-4-5-9(15-2)8(6-7)10(11)16/h4-6,12H,3H2,1-2H3,(H2,11,16). The molecule has 0 aliphatic carbocycles. The van der Waals surface area contributed by atoms with Crippen molar-refractivity contribution in [3.8, 4) is 5.75 Å². The van der Waals surface area contributed by atoms with Crippen LogP contribution in [0.4, 0.5) is 0 Å². The van der Waals surface area contributed by atoms with Crippen LogP contribution in [0.5, 0.6) is 5.75 Å². The lowest BCUT2D eigenvalue weighted by molar-refractivity contribution is 0.413. The Morgan fingerprint density at radius 3 is 2.65 bits per heavy atom. The van der Waals surface area contributed by atoms with E-state index >= 15 is 0 Å². The van der Waals surface area contributed by atoms with Gasteiger partial charge in [0.1, 0.15) is 10.7 Å². The maximum atomic E-state index is 11.8. The molecule has 1 rings (SSSR count). The molecule has 1 aromatic carbocycles. The Morgan fingerprint density at radius 1 is 1.53 bits per heavy atom. The Kier molecular flexibility index (Phi) is 4.44. The number of thiocarbonyl (C=S) groups is 1. The first kappa shape index (κ1) is 13.9. The van der Waals surface area contributed by atoms with E-state index in [1.165, 1.54) is 25.3 Å². The van der Waals surface area contributed by atoms with Gasteiger partial charge >= 0.3 is 0 Å². The van der Waals surface area contributed by atoms with Gasteiger partial charge in [-0.3, -0.25) is 0 Å². The number of nitrogens with one attached hydrogen (secondary N) is 1. The normalized spacial score (nSPS) is 11.2. The number of hydrogen-bond acceptors (Lipinski definition) is 4.